The second-order valence-electron chi connectivity index (χ2n) is 7.35. The molecule has 1 saturated carbocycles. The van der Waals surface area contributed by atoms with Crippen LogP contribution in [0.5, 0.6) is 11.5 Å². The predicted molar refractivity (Wildman–Crippen MR) is 100 cm³/mol. The highest BCUT2D eigenvalue weighted by molar-refractivity contribution is 6.44. The minimum atomic E-state index is -1.17. The molecule has 1 aliphatic carbocycles. The zero-order valence-electron chi connectivity index (χ0n) is 15.6. The molecule has 0 saturated heterocycles. The average molecular weight is 375 g/mol. The smallest absolute Gasteiger partial charge is 0.522 e. The Balaban J connectivity index is 1.65. The quantitative estimate of drug-likeness (QED) is 0.659. The van der Waals surface area contributed by atoms with Gasteiger partial charge in [-0.15, -0.1) is 0 Å². The van der Waals surface area contributed by atoms with Gasteiger partial charge in [0.1, 0.15) is 23.2 Å². The molecule has 1 heterocycles. The van der Waals surface area contributed by atoms with Gasteiger partial charge in [-0.05, 0) is 44.1 Å². The Hall–Kier alpha value is -2.22. The number of aryl methyl sites for hydroxylation is 1. The largest absolute Gasteiger partial charge is 0.535 e. The van der Waals surface area contributed by atoms with Crippen molar-refractivity contribution in [3.05, 3.63) is 23.3 Å². The topological polar surface area (TPSA) is 105 Å². The molecule has 1 atom stereocenters. The lowest BCUT2D eigenvalue weighted by Crippen LogP contribution is -2.38. The lowest BCUT2D eigenvalue weighted by Gasteiger charge is -2.25. The molecule has 3 rings (SSSR count). The number of carbonyl (C=O) groups is 2. The molecule has 1 aromatic carbocycles. The molecule has 0 bridgehead atoms. The van der Waals surface area contributed by atoms with E-state index < -0.39 is 19.2 Å². The van der Waals surface area contributed by atoms with Gasteiger partial charge in [-0.2, -0.15) is 0 Å². The zero-order chi connectivity index (χ0) is 19.4. The van der Waals surface area contributed by atoms with Crippen LogP contribution in [0.25, 0.3) is 0 Å². The summed E-state index contributed by atoms with van der Waals surface area (Å²) in [5.74, 6) is -0.721. The minimum absolute atomic E-state index is 0.0421. The summed E-state index contributed by atoms with van der Waals surface area (Å²) in [6.07, 6.45) is 5.79. The van der Waals surface area contributed by atoms with Crippen LogP contribution in [0.15, 0.2) is 12.1 Å². The summed E-state index contributed by atoms with van der Waals surface area (Å²) in [4.78, 5) is 24.0. The van der Waals surface area contributed by atoms with Crippen molar-refractivity contribution >= 4 is 19.0 Å². The fraction of sp³-hybridized carbons (Fsp3) is 0.579. The summed E-state index contributed by atoms with van der Waals surface area (Å²) in [6, 6.07) is 3.37. The molecule has 2 aliphatic rings. The number of fused-ring (bicyclic) bond motifs is 1. The lowest BCUT2D eigenvalue weighted by molar-refractivity contribution is -0.126. The number of carbonyl (C=O) groups excluding carboxylic acids is 1. The Labute approximate surface area is 159 Å². The molecule has 27 heavy (non-hydrogen) atoms. The maximum Gasteiger partial charge on any atom is 0.522 e. The van der Waals surface area contributed by atoms with Gasteiger partial charge in [0.15, 0.2) is 0 Å². The summed E-state index contributed by atoms with van der Waals surface area (Å²) in [5.41, 5.74) is 0.653. The molecule has 8 heteroatoms. The minimum Gasteiger partial charge on any atom is -0.535 e. The predicted octanol–water partition coefficient (Wildman–Crippen LogP) is 2.26. The van der Waals surface area contributed by atoms with Crippen LogP contribution in [0.3, 0.4) is 0 Å². The van der Waals surface area contributed by atoms with Gasteiger partial charge in [0.25, 0.3) is 0 Å². The first kappa shape index (κ1) is 19.5. The van der Waals surface area contributed by atoms with Crippen molar-refractivity contribution in [2.24, 2.45) is 5.92 Å². The summed E-state index contributed by atoms with van der Waals surface area (Å²) in [7, 11) is -1.02. The van der Waals surface area contributed by atoms with Gasteiger partial charge >= 0.3 is 13.1 Å². The van der Waals surface area contributed by atoms with Crippen LogP contribution in [0.4, 0.5) is 0 Å². The van der Waals surface area contributed by atoms with E-state index in [2.05, 4.69) is 5.32 Å². The molecule has 1 aromatic rings. The third kappa shape index (κ3) is 4.74. The molecule has 1 unspecified atom stereocenters. The van der Waals surface area contributed by atoms with Crippen LogP contribution in [0, 0.1) is 5.92 Å². The van der Waals surface area contributed by atoms with Crippen molar-refractivity contribution in [1.29, 1.82) is 0 Å². The molecule has 3 N–H and O–H groups in total. The number of amides is 1. The Morgan fingerprint density at radius 1 is 1.33 bits per heavy atom. The number of hydrogen-bond donors (Lipinski definition) is 3. The van der Waals surface area contributed by atoms with E-state index >= 15 is 0 Å². The maximum atomic E-state index is 12.2. The highest BCUT2D eigenvalue weighted by Crippen LogP contribution is 2.36. The zero-order valence-corrected chi connectivity index (χ0v) is 15.6. The van der Waals surface area contributed by atoms with Crippen LogP contribution in [0.1, 0.15) is 54.9 Å². The van der Waals surface area contributed by atoms with E-state index in [0.29, 0.717) is 19.3 Å². The molecular weight excluding hydrogens is 349 g/mol. The van der Waals surface area contributed by atoms with E-state index in [0.717, 1.165) is 31.2 Å². The normalized spacial score (nSPS) is 18.2. The molecule has 146 valence electrons. The van der Waals surface area contributed by atoms with Gasteiger partial charge in [-0.1, -0.05) is 25.3 Å². The summed E-state index contributed by atoms with van der Waals surface area (Å²) in [6.45, 7) is 2.08. The van der Waals surface area contributed by atoms with Crippen molar-refractivity contribution in [3.8, 4) is 11.5 Å². The van der Waals surface area contributed by atoms with Gasteiger partial charge in [0.05, 0.1) is 6.54 Å². The maximum absolute atomic E-state index is 12.2. The summed E-state index contributed by atoms with van der Waals surface area (Å²) in [5, 5.41) is 22.2. The summed E-state index contributed by atoms with van der Waals surface area (Å²) >= 11 is 0. The Morgan fingerprint density at radius 2 is 2.07 bits per heavy atom. The number of benzene rings is 1. The lowest BCUT2D eigenvalue weighted by atomic mass is 9.78. The number of rotatable bonds is 6. The van der Waals surface area contributed by atoms with Gasteiger partial charge in [-0.25, -0.2) is 4.79 Å². The first-order valence-corrected chi connectivity index (χ1v) is 9.64. The van der Waals surface area contributed by atoms with Crippen LogP contribution >= 0.6 is 0 Å². The van der Waals surface area contributed by atoms with Crippen molar-refractivity contribution in [3.63, 3.8) is 0 Å². The SMILES string of the molecule is CC(CNC(=O)C1CCCCC1)Oc1ccc2c(c1C(=O)O)OB(O)CC2. The van der Waals surface area contributed by atoms with Crippen molar-refractivity contribution in [1.82, 2.24) is 5.32 Å². The van der Waals surface area contributed by atoms with E-state index in [1.807, 2.05) is 0 Å². The Bertz CT molecular complexity index is 704. The van der Waals surface area contributed by atoms with E-state index in [-0.39, 0.29) is 28.9 Å². The molecule has 7 nitrogen and oxygen atoms in total. The van der Waals surface area contributed by atoms with Gasteiger partial charge in [0.2, 0.25) is 5.91 Å². The highest BCUT2D eigenvalue weighted by Gasteiger charge is 2.30. The van der Waals surface area contributed by atoms with Crippen LogP contribution in [0.2, 0.25) is 6.32 Å². The first-order valence-electron chi connectivity index (χ1n) is 9.64. The number of ether oxygens (including phenoxy) is 1. The summed E-state index contributed by atoms with van der Waals surface area (Å²) < 4.78 is 11.1. The third-order valence-electron chi connectivity index (χ3n) is 5.20. The number of carboxylic acid groups (broad SMARTS) is 1. The number of hydrogen-bond acceptors (Lipinski definition) is 5. The van der Waals surface area contributed by atoms with E-state index in [1.54, 1.807) is 19.1 Å². The molecule has 1 fully saturated rings. The number of carboxylic acids is 1. The molecule has 0 aromatic heterocycles. The van der Waals surface area contributed by atoms with Gasteiger partial charge < -0.3 is 24.8 Å². The van der Waals surface area contributed by atoms with Gasteiger partial charge in [0, 0.05) is 5.92 Å². The van der Waals surface area contributed by atoms with Gasteiger partial charge in [-0.3, -0.25) is 4.79 Å². The average Bonchev–Trinajstić information content (AvgIpc) is 2.66. The first-order chi connectivity index (χ1) is 13.0. The fourth-order valence-electron chi connectivity index (χ4n) is 3.73. The van der Waals surface area contributed by atoms with Crippen molar-refractivity contribution in [2.45, 2.75) is 57.9 Å². The standard InChI is InChI=1S/C19H26BNO6/c1-12(11-21-18(22)14-5-3-2-4-6-14)26-15-8-7-13-9-10-20(25)27-17(13)16(15)19(23)24/h7-8,12,14,25H,2-6,9-11H2,1H3,(H,21,22)(H,23,24). The third-order valence-corrected chi connectivity index (χ3v) is 5.20. The molecule has 0 radical (unpaired) electrons. The Morgan fingerprint density at radius 3 is 2.78 bits per heavy atom. The second kappa shape index (κ2) is 8.65. The fourth-order valence-corrected chi connectivity index (χ4v) is 3.73. The van der Waals surface area contributed by atoms with E-state index in [9.17, 15) is 19.7 Å². The molecule has 0 spiro atoms. The monoisotopic (exact) mass is 375 g/mol. The molecule has 1 aliphatic heterocycles. The Kier molecular flexibility index (Phi) is 6.26. The number of nitrogens with one attached hydrogen (secondary N) is 1. The molecule has 1 amide bonds. The van der Waals surface area contributed by atoms with Crippen LogP contribution in [-0.4, -0.2) is 41.8 Å². The van der Waals surface area contributed by atoms with Crippen LogP contribution < -0.4 is 14.7 Å². The highest BCUT2D eigenvalue weighted by atomic mass is 16.5. The van der Waals surface area contributed by atoms with E-state index in [4.69, 9.17) is 9.39 Å². The molecular formula is C19H26BNO6. The van der Waals surface area contributed by atoms with Crippen molar-refractivity contribution in [2.75, 3.05) is 6.54 Å². The van der Waals surface area contributed by atoms with Crippen molar-refractivity contribution < 1.29 is 29.1 Å². The second-order valence-corrected chi connectivity index (χ2v) is 7.35. The van der Waals surface area contributed by atoms with Crippen LogP contribution in [-0.2, 0) is 11.2 Å². The number of aromatic carboxylic acids is 1. The van der Waals surface area contributed by atoms with E-state index in [1.165, 1.54) is 6.42 Å².